The maximum absolute atomic E-state index is 13.8. The van der Waals surface area contributed by atoms with Crippen molar-refractivity contribution in [1.29, 1.82) is 0 Å². The standard InChI is InChI=1S/C18H16FN3O4S/c1-10-12(5-6-26-10)17(24)20-8-16(23)22-18-21-14(9-27-18)11-3-4-15(25-2)13(19)7-11/h3-7,9H,8H2,1-2H3,(H,20,24)(H,21,22,23). The van der Waals surface area contributed by atoms with Gasteiger partial charge in [0.1, 0.15) is 5.76 Å². The monoisotopic (exact) mass is 389 g/mol. The van der Waals surface area contributed by atoms with Crippen LogP contribution in [0.2, 0.25) is 0 Å². The molecule has 0 bridgehead atoms. The predicted molar refractivity (Wildman–Crippen MR) is 98.5 cm³/mol. The molecule has 0 saturated heterocycles. The minimum Gasteiger partial charge on any atom is -0.494 e. The Bertz CT molecular complexity index is 983. The average Bonchev–Trinajstić information content (AvgIpc) is 3.28. The van der Waals surface area contributed by atoms with Gasteiger partial charge in [0.05, 0.1) is 31.2 Å². The minimum atomic E-state index is -0.495. The van der Waals surface area contributed by atoms with Crippen molar-refractivity contribution in [2.24, 2.45) is 0 Å². The molecule has 0 spiro atoms. The van der Waals surface area contributed by atoms with Gasteiger partial charge in [-0.1, -0.05) is 0 Å². The molecule has 0 aliphatic heterocycles. The smallest absolute Gasteiger partial charge is 0.255 e. The van der Waals surface area contributed by atoms with Gasteiger partial charge in [-0.25, -0.2) is 9.37 Å². The fraction of sp³-hybridized carbons (Fsp3) is 0.167. The number of thiazole rings is 1. The zero-order valence-corrected chi connectivity index (χ0v) is 15.4. The van der Waals surface area contributed by atoms with Gasteiger partial charge in [-0.15, -0.1) is 11.3 Å². The fourth-order valence-corrected chi connectivity index (χ4v) is 3.07. The van der Waals surface area contributed by atoms with Crippen LogP contribution in [0.15, 0.2) is 40.3 Å². The molecule has 0 aliphatic carbocycles. The number of aryl methyl sites for hydroxylation is 1. The molecule has 0 radical (unpaired) electrons. The first-order chi connectivity index (χ1) is 13.0. The number of nitrogens with one attached hydrogen (secondary N) is 2. The van der Waals surface area contributed by atoms with E-state index in [9.17, 15) is 14.0 Å². The molecule has 0 fully saturated rings. The lowest BCUT2D eigenvalue weighted by Crippen LogP contribution is -2.32. The summed E-state index contributed by atoms with van der Waals surface area (Å²) in [4.78, 5) is 28.2. The number of hydrogen-bond donors (Lipinski definition) is 2. The number of aromatic nitrogens is 1. The Labute approximate surface area is 158 Å². The molecule has 1 aromatic carbocycles. The highest BCUT2D eigenvalue weighted by molar-refractivity contribution is 7.14. The van der Waals surface area contributed by atoms with Crippen LogP contribution >= 0.6 is 11.3 Å². The second-order valence-electron chi connectivity index (χ2n) is 5.51. The second-order valence-corrected chi connectivity index (χ2v) is 6.37. The number of hydrogen-bond acceptors (Lipinski definition) is 6. The van der Waals surface area contributed by atoms with Gasteiger partial charge < -0.3 is 19.8 Å². The van der Waals surface area contributed by atoms with E-state index >= 15 is 0 Å². The van der Waals surface area contributed by atoms with Crippen molar-refractivity contribution in [2.75, 3.05) is 19.0 Å². The number of rotatable bonds is 6. The summed E-state index contributed by atoms with van der Waals surface area (Å²) in [5.41, 5.74) is 1.46. The van der Waals surface area contributed by atoms with Crippen LogP contribution in [0.1, 0.15) is 16.1 Å². The first-order valence-corrected chi connectivity index (χ1v) is 8.77. The van der Waals surface area contributed by atoms with Crippen molar-refractivity contribution in [3.05, 3.63) is 53.0 Å². The third kappa shape index (κ3) is 4.32. The molecule has 0 unspecified atom stereocenters. The van der Waals surface area contributed by atoms with Crippen molar-refractivity contribution in [3.8, 4) is 17.0 Å². The van der Waals surface area contributed by atoms with Crippen LogP contribution in [-0.4, -0.2) is 30.5 Å². The quantitative estimate of drug-likeness (QED) is 0.675. The summed E-state index contributed by atoms with van der Waals surface area (Å²) >= 11 is 1.20. The van der Waals surface area contributed by atoms with E-state index in [0.29, 0.717) is 27.7 Å². The largest absolute Gasteiger partial charge is 0.494 e. The third-order valence-corrected chi connectivity index (χ3v) is 4.47. The fourth-order valence-electron chi connectivity index (χ4n) is 2.33. The van der Waals surface area contributed by atoms with Crippen LogP contribution in [-0.2, 0) is 4.79 Å². The molecule has 0 aliphatic rings. The Hall–Kier alpha value is -3.20. The lowest BCUT2D eigenvalue weighted by molar-refractivity contribution is -0.115. The van der Waals surface area contributed by atoms with Crippen LogP contribution in [0.5, 0.6) is 5.75 Å². The molecule has 7 nitrogen and oxygen atoms in total. The number of nitrogens with zero attached hydrogens (tertiary/aromatic N) is 1. The van der Waals surface area contributed by atoms with Gasteiger partial charge in [0.25, 0.3) is 5.91 Å². The third-order valence-electron chi connectivity index (χ3n) is 3.71. The van der Waals surface area contributed by atoms with Crippen LogP contribution in [0, 0.1) is 12.7 Å². The van der Waals surface area contributed by atoms with Gasteiger partial charge in [0.15, 0.2) is 16.7 Å². The van der Waals surface area contributed by atoms with Crippen LogP contribution in [0.3, 0.4) is 0 Å². The Morgan fingerprint density at radius 3 is 2.81 bits per heavy atom. The zero-order chi connectivity index (χ0) is 19.4. The number of furan rings is 1. The molecule has 2 N–H and O–H groups in total. The molecule has 27 heavy (non-hydrogen) atoms. The van der Waals surface area contributed by atoms with Crippen molar-refractivity contribution < 1.29 is 23.1 Å². The maximum atomic E-state index is 13.8. The Balaban J connectivity index is 1.59. The summed E-state index contributed by atoms with van der Waals surface area (Å²) < 4.78 is 23.7. The lowest BCUT2D eigenvalue weighted by atomic mass is 10.1. The SMILES string of the molecule is COc1ccc(-c2csc(NC(=O)CNC(=O)c3ccoc3C)n2)cc1F. The van der Waals surface area contributed by atoms with Gasteiger partial charge in [-0.05, 0) is 31.2 Å². The summed E-state index contributed by atoms with van der Waals surface area (Å²) in [5.74, 6) is -0.697. The van der Waals surface area contributed by atoms with Gasteiger partial charge in [0.2, 0.25) is 5.91 Å². The van der Waals surface area contributed by atoms with Gasteiger partial charge in [-0.2, -0.15) is 0 Å². The summed E-state index contributed by atoms with van der Waals surface area (Å²) in [6.45, 7) is 1.45. The second kappa shape index (κ2) is 8.00. The summed E-state index contributed by atoms with van der Waals surface area (Å²) in [7, 11) is 1.39. The van der Waals surface area contributed by atoms with Gasteiger partial charge in [0, 0.05) is 10.9 Å². The topological polar surface area (TPSA) is 93.5 Å². The predicted octanol–water partition coefficient (Wildman–Crippen LogP) is 3.23. The van der Waals surface area contributed by atoms with E-state index in [0.717, 1.165) is 0 Å². The molecule has 0 saturated carbocycles. The van der Waals surface area contributed by atoms with E-state index in [1.807, 2.05) is 0 Å². The normalized spacial score (nSPS) is 10.5. The number of anilines is 1. The van der Waals surface area contributed by atoms with Crippen LogP contribution < -0.4 is 15.4 Å². The van der Waals surface area contributed by atoms with Crippen molar-refractivity contribution in [1.82, 2.24) is 10.3 Å². The molecule has 2 heterocycles. The van der Waals surface area contributed by atoms with Crippen LogP contribution in [0.4, 0.5) is 9.52 Å². The maximum Gasteiger partial charge on any atom is 0.255 e. The number of carbonyl (C=O) groups is 2. The van der Waals surface area contributed by atoms with Gasteiger partial charge in [-0.3, -0.25) is 9.59 Å². The average molecular weight is 389 g/mol. The van der Waals surface area contributed by atoms with E-state index in [1.54, 1.807) is 18.4 Å². The molecule has 2 aromatic heterocycles. The first kappa shape index (κ1) is 18.6. The van der Waals surface area contributed by atoms with Crippen LogP contribution in [0.25, 0.3) is 11.3 Å². The Morgan fingerprint density at radius 1 is 1.33 bits per heavy atom. The highest BCUT2D eigenvalue weighted by Crippen LogP contribution is 2.28. The van der Waals surface area contributed by atoms with E-state index in [1.165, 1.54) is 42.9 Å². The Morgan fingerprint density at radius 2 is 2.15 bits per heavy atom. The van der Waals surface area contributed by atoms with E-state index in [-0.39, 0.29) is 12.3 Å². The van der Waals surface area contributed by atoms with Gasteiger partial charge >= 0.3 is 0 Å². The highest BCUT2D eigenvalue weighted by atomic mass is 32.1. The van der Waals surface area contributed by atoms with Crippen molar-refractivity contribution >= 4 is 28.3 Å². The van der Waals surface area contributed by atoms with E-state index < -0.39 is 17.6 Å². The summed E-state index contributed by atoms with van der Waals surface area (Å²) in [5, 5.41) is 7.15. The van der Waals surface area contributed by atoms with Crippen molar-refractivity contribution in [3.63, 3.8) is 0 Å². The molecular weight excluding hydrogens is 373 g/mol. The number of ether oxygens (including phenoxy) is 1. The van der Waals surface area contributed by atoms with E-state index in [4.69, 9.17) is 9.15 Å². The molecule has 140 valence electrons. The number of halogens is 1. The number of benzene rings is 1. The molecule has 3 rings (SSSR count). The number of amides is 2. The molecule has 2 amide bonds. The van der Waals surface area contributed by atoms with E-state index in [2.05, 4.69) is 15.6 Å². The Kier molecular flexibility index (Phi) is 5.51. The molecular formula is C18H16FN3O4S. The number of carbonyl (C=O) groups excluding carboxylic acids is 2. The minimum absolute atomic E-state index is 0.145. The molecule has 0 atom stereocenters. The molecule has 9 heteroatoms. The molecule has 3 aromatic rings. The lowest BCUT2D eigenvalue weighted by Gasteiger charge is -2.04. The van der Waals surface area contributed by atoms with Crippen molar-refractivity contribution in [2.45, 2.75) is 6.92 Å². The first-order valence-electron chi connectivity index (χ1n) is 7.89. The highest BCUT2D eigenvalue weighted by Gasteiger charge is 2.14. The zero-order valence-electron chi connectivity index (χ0n) is 14.5. The summed E-state index contributed by atoms with van der Waals surface area (Å²) in [6.07, 6.45) is 1.41. The number of methoxy groups -OCH3 is 1. The summed E-state index contributed by atoms with van der Waals surface area (Å²) in [6, 6.07) is 6.03.